The van der Waals surface area contributed by atoms with Crippen molar-refractivity contribution in [1.82, 2.24) is 4.72 Å². The lowest BCUT2D eigenvalue weighted by atomic mass is 10.3. The summed E-state index contributed by atoms with van der Waals surface area (Å²) in [5.41, 5.74) is 4.87. The lowest BCUT2D eigenvalue weighted by Gasteiger charge is -2.10. The first-order chi connectivity index (χ1) is 7.72. The molecule has 5 nitrogen and oxygen atoms in total. The maximum Gasteiger partial charge on any atom is 0.241 e. The van der Waals surface area contributed by atoms with Crippen molar-refractivity contribution in [3.8, 4) is 0 Å². The second-order valence-electron chi connectivity index (χ2n) is 3.35. The van der Waals surface area contributed by atoms with Gasteiger partial charge in [-0.15, -0.1) is 0 Å². The summed E-state index contributed by atoms with van der Waals surface area (Å²) in [6.45, 7) is 1.22. The standard InChI is InChI=1S/C9H10F2N2O3S/c1-5(9(12)14)13-17(15,16)8-3-6(10)2-7(11)4-8/h2-5,13H,1H3,(H2,12,14)/t5-/m1/s1. The summed E-state index contributed by atoms with van der Waals surface area (Å²) in [7, 11) is -4.18. The van der Waals surface area contributed by atoms with Gasteiger partial charge in [-0.1, -0.05) is 0 Å². The molecule has 0 bridgehead atoms. The highest BCUT2D eigenvalue weighted by atomic mass is 32.2. The topological polar surface area (TPSA) is 89.3 Å². The lowest BCUT2D eigenvalue weighted by Crippen LogP contribution is -2.42. The van der Waals surface area contributed by atoms with Crippen molar-refractivity contribution in [3.05, 3.63) is 29.8 Å². The number of nitrogens with one attached hydrogen (secondary N) is 1. The van der Waals surface area contributed by atoms with Crippen molar-refractivity contribution in [2.75, 3.05) is 0 Å². The third-order valence-corrected chi connectivity index (χ3v) is 3.43. The summed E-state index contributed by atoms with van der Waals surface area (Å²) in [5, 5.41) is 0. The molecule has 0 unspecified atom stereocenters. The first-order valence-electron chi connectivity index (χ1n) is 4.50. The fourth-order valence-electron chi connectivity index (χ4n) is 1.04. The molecule has 0 aliphatic rings. The van der Waals surface area contributed by atoms with Crippen LogP contribution < -0.4 is 10.5 Å². The van der Waals surface area contributed by atoms with Crippen molar-refractivity contribution in [2.24, 2.45) is 5.73 Å². The van der Waals surface area contributed by atoms with E-state index < -0.39 is 38.5 Å². The number of hydrogen-bond donors (Lipinski definition) is 2. The highest BCUT2D eigenvalue weighted by Gasteiger charge is 2.21. The van der Waals surface area contributed by atoms with Crippen LogP contribution >= 0.6 is 0 Å². The van der Waals surface area contributed by atoms with Gasteiger partial charge in [-0.2, -0.15) is 4.72 Å². The summed E-state index contributed by atoms with van der Waals surface area (Å²) < 4.78 is 50.8. The number of nitrogens with two attached hydrogens (primary N) is 1. The van der Waals surface area contributed by atoms with Gasteiger partial charge in [0.1, 0.15) is 11.6 Å². The first-order valence-corrected chi connectivity index (χ1v) is 5.98. The largest absolute Gasteiger partial charge is 0.368 e. The van der Waals surface area contributed by atoms with E-state index in [-0.39, 0.29) is 0 Å². The van der Waals surface area contributed by atoms with Gasteiger partial charge in [0, 0.05) is 6.07 Å². The van der Waals surface area contributed by atoms with Gasteiger partial charge in [0.15, 0.2) is 0 Å². The summed E-state index contributed by atoms with van der Waals surface area (Å²) in [6, 6.07) is 0.640. The molecule has 0 saturated carbocycles. The third kappa shape index (κ3) is 3.46. The number of carbonyl (C=O) groups excluding carboxylic acids is 1. The Hall–Kier alpha value is -1.54. The van der Waals surface area contributed by atoms with E-state index in [1.165, 1.54) is 6.92 Å². The van der Waals surface area contributed by atoms with E-state index in [2.05, 4.69) is 0 Å². The van der Waals surface area contributed by atoms with E-state index in [0.29, 0.717) is 18.2 Å². The van der Waals surface area contributed by atoms with Crippen LogP contribution in [0.1, 0.15) is 6.92 Å². The van der Waals surface area contributed by atoms with Crippen LogP contribution in [0.5, 0.6) is 0 Å². The zero-order valence-electron chi connectivity index (χ0n) is 8.78. The minimum Gasteiger partial charge on any atom is -0.368 e. The number of halogens is 2. The fourth-order valence-corrected chi connectivity index (χ4v) is 2.30. The van der Waals surface area contributed by atoms with Gasteiger partial charge in [0.25, 0.3) is 0 Å². The predicted molar refractivity (Wildman–Crippen MR) is 55.3 cm³/mol. The van der Waals surface area contributed by atoms with Gasteiger partial charge in [-0.25, -0.2) is 17.2 Å². The molecule has 0 saturated heterocycles. The highest BCUT2D eigenvalue weighted by molar-refractivity contribution is 7.89. The molecule has 3 N–H and O–H groups in total. The van der Waals surface area contributed by atoms with Crippen molar-refractivity contribution in [3.63, 3.8) is 0 Å². The molecule has 0 aromatic heterocycles. The summed E-state index contributed by atoms with van der Waals surface area (Å²) in [5.74, 6) is -2.96. The average molecular weight is 264 g/mol. The SMILES string of the molecule is C[C@@H](NS(=O)(=O)c1cc(F)cc(F)c1)C(N)=O. The number of primary amides is 1. The molecule has 1 aromatic rings. The van der Waals surface area contributed by atoms with E-state index in [4.69, 9.17) is 5.73 Å². The molecule has 1 rings (SSSR count). The van der Waals surface area contributed by atoms with Crippen LogP contribution in [0.4, 0.5) is 8.78 Å². The predicted octanol–water partition coefficient (Wildman–Crippen LogP) is 0.117. The Kier molecular flexibility index (Phi) is 3.79. The maximum absolute atomic E-state index is 12.8. The summed E-state index contributed by atoms with van der Waals surface area (Å²) in [6.07, 6.45) is 0. The van der Waals surface area contributed by atoms with E-state index in [1.54, 1.807) is 0 Å². The second-order valence-corrected chi connectivity index (χ2v) is 5.06. The smallest absolute Gasteiger partial charge is 0.241 e. The number of benzene rings is 1. The quantitative estimate of drug-likeness (QED) is 0.809. The number of amides is 1. The highest BCUT2D eigenvalue weighted by Crippen LogP contribution is 2.13. The van der Waals surface area contributed by atoms with Gasteiger partial charge in [-0.05, 0) is 19.1 Å². The molecule has 1 amide bonds. The van der Waals surface area contributed by atoms with Crippen molar-refractivity contribution >= 4 is 15.9 Å². The Morgan fingerprint density at radius 2 is 1.76 bits per heavy atom. The monoisotopic (exact) mass is 264 g/mol. The molecule has 1 aromatic carbocycles. The van der Waals surface area contributed by atoms with Crippen LogP contribution in [0.15, 0.2) is 23.1 Å². The lowest BCUT2D eigenvalue weighted by molar-refractivity contribution is -0.119. The molecule has 0 spiro atoms. The summed E-state index contributed by atoms with van der Waals surface area (Å²) in [4.78, 5) is 10.1. The van der Waals surface area contributed by atoms with E-state index in [1.807, 2.05) is 4.72 Å². The van der Waals surface area contributed by atoms with Gasteiger partial charge in [0.2, 0.25) is 15.9 Å². The van der Waals surface area contributed by atoms with E-state index >= 15 is 0 Å². The molecule has 94 valence electrons. The van der Waals surface area contributed by atoms with Gasteiger partial charge in [-0.3, -0.25) is 4.79 Å². The number of carbonyl (C=O) groups is 1. The van der Waals surface area contributed by atoms with Gasteiger partial charge in [0.05, 0.1) is 10.9 Å². The van der Waals surface area contributed by atoms with Gasteiger partial charge >= 0.3 is 0 Å². The number of sulfonamides is 1. The first kappa shape index (κ1) is 13.5. The molecule has 1 atom stereocenters. The van der Waals surface area contributed by atoms with Gasteiger partial charge < -0.3 is 5.73 Å². The second kappa shape index (κ2) is 4.76. The van der Waals surface area contributed by atoms with E-state index in [0.717, 1.165) is 0 Å². The zero-order chi connectivity index (χ0) is 13.2. The molecule has 0 radical (unpaired) electrons. The minimum atomic E-state index is -4.18. The normalized spacial score (nSPS) is 13.4. The number of hydrogen-bond acceptors (Lipinski definition) is 3. The molecular formula is C9H10F2N2O3S. The molecule has 0 fully saturated rings. The maximum atomic E-state index is 12.8. The zero-order valence-corrected chi connectivity index (χ0v) is 9.59. The minimum absolute atomic E-state index is 0.538. The number of rotatable bonds is 4. The molecule has 8 heteroatoms. The van der Waals surface area contributed by atoms with Crippen LogP contribution in [0.25, 0.3) is 0 Å². The fraction of sp³-hybridized carbons (Fsp3) is 0.222. The Bertz CT molecular complexity index is 525. The Morgan fingerprint density at radius 1 is 1.29 bits per heavy atom. The van der Waals surface area contributed by atoms with E-state index in [9.17, 15) is 22.0 Å². The Morgan fingerprint density at radius 3 is 2.18 bits per heavy atom. The van der Waals surface area contributed by atoms with Crippen LogP contribution in [0, 0.1) is 11.6 Å². The van der Waals surface area contributed by atoms with Crippen LogP contribution in [-0.2, 0) is 14.8 Å². The van der Waals surface area contributed by atoms with Crippen LogP contribution in [-0.4, -0.2) is 20.4 Å². The van der Waals surface area contributed by atoms with Crippen molar-refractivity contribution in [2.45, 2.75) is 17.9 Å². The van der Waals surface area contributed by atoms with Crippen LogP contribution in [0.3, 0.4) is 0 Å². The third-order valence-electron chi connectivity index (χ3n) is 1.91. The molecule has 0 heterocycles. The Balaban J connectivity index is 3.09. The Labute approximate surface area is 96.7 Å². The molecular weight excluding hydrogens is 254 g/mol. The molecule has 17 heavy (non-hydrogen) atoms. The van der Waals surface area contributed by atoms with Crippen molar-refractivity contribution in [1.29, 1.82) is 0 Å². The molecule has 0 aliphatic carbocycles. The van der Waals surface area contributed by atoms with Crippen LogP contribution in [0.2, 0.25) is 0 Å². The average Bonchev–Trinajstić information content (AvgIpc) is 2.15. The van der Waals surface area contributed by atoms with Crippen molar-refractivity contribution < 1.29 is 22.0 Å². The molecule has 0 aliphatic heterocycles. The summed E-state index contributed by atoms with van der Waals surface area (Å²) >= 11 is 0.